The molecule has 0 spiro atoms. The highest BCUT2D eigenvalue weighted by Gasteiger charge is 2.11. The second-order valence-corrected chi connectivity index (χ2v) is 6.57. The SMILES string of the molecule is COc1nc(OCc2ccccn2)cnc1NSc1cccc(Cl)c1Cl. The molecule has 9 heteroatoms. The molecule has 0 amide bonds. The van der Waals surface area contributed by atoms with E-state index in [0.29, 0.717) is 34.2 Å². The van der Waals surface area contributed by atoms with Crippen molar-refractivity contribution in [2.24, 2.45) is 0 Å². The lowest BCUT2D eigenvalue weighted by Crippen LogP contribution is -2.03. The van der Waals surface area contributed by atoms with Gasteiger partial charge in [0, 0.05) is 11.1 Å². The summed E-state index contributed by atoms with van der Waals surface area (Å²) in [6, 6.07) is 11.0. The second-order valence-electron chi connectivity index (χ2n) is 4.93. The molecule has 0 bridgehead atoms. The standard InChI is InChI=1S/C17H14Cl2N4O2S/c1-24-17-16(23-26-13-7-4-6-12(18)15(13)19)21-9-14(22-17)25-10-11-5-2-3-8-20-11/h2-9H,10H2,1H3,(H,21,23). The van der Waals surface area contributed by atoms with Crippen molar-refractivity contribution in [3.8, 4) is 11.8 Å². The molecule has 0 saturated carbocycles. The fourth-order valence-electron chi connectivity index (χ4n) is 1.94. The van der Waals surface area contributed by atoms with Crippen molar-refractivity contribution in [1.29, 1.82) is 0 Å². The van der Waals surface area contributed by atoms with E-state index in [1.54, 1.807) is 12.3 Å². The molecule has 0 aliphatic carbocycles. The summed E-state index contributed by atoms with van der Waals surface area (Å²) in [5, 5.41) is 0.948. The Kier molecular flexibility index (Phi) is 6.38. The number of hydrogen-bond donors (Lipinski definition) is 1. The summed E-state index contributed by atoms with van der Waals surface area (Å²) in [4.78, 5) is 13.5. The number of halogens is 2. The number of anilines is 1. The molecule has 0 atom stereocenters. The Bertz CT molecular complexity index is 884. The minimum absolute atomic E-state index is 0.290. The molecule has 26 heavy (non-hydrogen) atoms. The summed E-state index contributed by atoms with van der Waals surface area (Å²) in [5.74, 6) is 1.08. The maximum Gasteiger partial charge on any atom is 0.261 e. The highest BCUT2D eigenvalue weighted by molar-refractivity contribution is 8.00. The lowest BCUT2D eigenvalue weighted by molar-refractivity contribution is 0.281. The summed E-state index contributed by atoms with van der Waals surface area (Å²) in [5.41, 5.74) is 0.793. The molecule has 6 nitrogen and oxygen atoms in total. The van der Waals surface area contributed by atoms with Gasteiger partial charge in [-0.05, 0) is 36.2 Å². The molecular weight excluding hydrogens is 395 g/mol. The monoisotopic (exact) mass is 408 g/mol. The topological polar surface area (TPSA) is 69.2 Å². The molecule has 2 heterocycles. The van der Waals surface area contributed by atoms with Crippen molar-refractivity contribution in [2.75, 3.05) is 11.8 Å². The zero-order valence-electron chi connectivity index (χ0n) is 13.6. The third-order valence-corrected chi connectivity index (χ3v) is 4.97. The Morgan fingerprint density at radius 2 is 2.00 bits per heavy atom. The third-order valence-electron chi connectivity index (χ3n) is 3.18. The normalized spacial score (nSPS) is 10.4. The summed E-state index contributed by atoms with van der Waals surface area (Å²) >= 11 is 13.4. The van der Waals surface area contributed by atoms with E-state index >= 15 is 0 Å². The van der Waals surface area contributed by atoms with Crippen molar-refractivity contribution in [2.45, 2.75) is 11.5 Å². The van der Waals surface area contributed by atoms with Crippen LogP contribution in [0, 0.1) is 0 Å². The van der Waals surface area contributed by atoms with Gasteiger partial charge in [0.2, 0.25) is 5.88 Å². The van der Waals surface area contributed by atoms with E-state index in [0.717, 1.165) is 10.6 Å². The van der Waals surface area contributed by atoms with Crippen molar-refractivity contribution in [3.05, 3.63) is 64.5 Å². The van der Waals surface area contributed by atoms with E-state index in [2.05, 4.69) is 19.7 Å². The van der Waals surface area contributed by atoms with Gasteiger partial charge in [-0.3, -0.25) is 4.98 Å². The van der Waals surface area contributed by atoms with Gasteiger partial charge in [0.15, 0.2) is 5.82 Å². The summed E-state index contributed by atoms with van der Waals surface area (Å²) in [6.45, 7) is 0.290. The minimum atomic E-state index is 0.290. The highest BCUT2D eigenvalue weighted by Crippen LogP contribution is 2.34. The zero-order valence-corrected chi connectivity index (χ0v) is 16.0. The van der Waals surface area contributed by atoms with Crippen LogP contribution in [0.2, 0.25) is 10.0 Å². The number of aromatic nitrogens is 3. The molecule has 0 radical (unpaired) electrons. The average Bonchev–Trinajstić information content (AvgIpc) is 2.68. The minimum Gasteiger partial charge on any atom is -0.478 e. The van der Waals surface area contributed by atoms with Crippen LogP contribution in [0.4, 0.5) is 5.82 Å². The number of ether oxygens (including phenoxy) is 2. The molecule has 3 aromatic rings. The largest absolute Gasteiger partial charge is 0.478 e. The van der Waals surface area contributed by atoms with Crippen molar-refractivity contribution < 1.29 is 9.47 Å². The molecular formula is C17H14Cl2N4O2S. The summed E-state index contributed by atoms with van der Waals surface area (Å²) < 4.78 is 13.9. The van der Waals surface area contributed by atoms with Crippen LogP contribution in [0.5, 0.6) is 11.8 Å². The Labute approximate surface area is 165 Å². The number of nitrogens with zero attached hydrogens (tertiary/aromatic N) is 3. The van der Waals surface area contributed by atoms with Crippen LogP contribution in [0.3, 0.4) is 0 Å². The van der Waals surface area contributed by atoms with E-state index in [-0.39, 0.29) is 0 Å². The van der Waals surface area contributed by atoms with Crippen molar-refractivity contribution >= 4 is 41.0 Å². The first-order valence-corrected chi connectivity index (χ1v) is 9.05. The van der Waals surface area contributed by atoms with E-state index in [1.165, 1.54) is 25.3 Å². The summed E-state index contributed by atoms with van der Waals surface area (Å²) in [6.07, 6.45) is 3.21. The van der Waals surface area contributed by atoms with E-state index in [1.807, 2.05) is 30.3 Å². The fraction of sp³-hybridized carbons (Fsp3) is 0.118. The van der Waals surface area contributed by atoms with Gasteiger partial charge < -0.3 is 14.2 Å². The van der Waals surface area contributed by atoms with Crippen LogP contribution in [-0.4, -0.2) is 22.1 Å². The van der Waals surface area contributed by atoms with Crippen LogP contribution >= 0.6 is 35.1 Å². The number of methoxy groups -OCH3 is 1. The number of rotatable bonds is 7. The Hall–Kier alpha value is -2.22. The quantitative estimate of drug-likeness (QED) is 0.558. The Morgan fingerprint density at radius 3 is 2.77 bits per heavy atom. The molecule has 2 aromatic heterocycles. The number of benzene rings is 1. The Morgan fingerprint density at radius 1 is 1.12 bits per heavy atom. The molecule has 0 saturated heterocycles. The van der Waals surface area contributed by atoms with Gasteiger partial charge in [0.25, 0.3) is 5.88 Å². The molecule has 0 aliphatic heterocycles. The van der Waals surface area contributed by atoms with Gasteiger partial charge in [0.1, 0.15) is 6.61 Å². The van der Waals surface area contributed by atoms with Gasteiger partial charge in [-0.2, -0.15) is 4.98 Å². The number of hydrogen-bond acceptors (Lipinski definition) is 7. The molecule has 1 aromatic carbocycles. The zero-order chi connectivity index (χ0) is 18.4. The van der Waals surface area contributed by atoms with Crippen LogP contribution in [0.1, 0.15) is 5.69 Å². The van der Waals surface area contributed by atoms with Crippen LogP contribution in [0.25, 0.3) is 0 Å². The smallest absolute Gasteiger partial charge is 0.261 e. The Balaban J connectivity index is 1.67. The molecule has 1 N–H and O–H groups in total. The lowest BCUT2D eigenvalue weighted by atomic mass is 10.4. The van der Waals surface area contributed by atoms with E-state index < -0.39 is 0 Å². The van der Waals surface area contributed by atoms with Gasteiger partial charge in [-0.15, -0.1) is 0 Å². The second kappa shape index (κ2) is 8.93. The van der Waals surface area contributed by atoms with Crippen molar-refractivity contribution in [1.82, 2.24) is 15.0 Å². The fourth-order valence-corrected chi connectivity index (χ4v) is 3.10. The first-order valence-electron chi connectivity index (χ1n) is 7.48. The number of nitrogens with one attached hydrogen (secondary N) is 1. The van der Waals surface area contributed by atoms with E-state index in [9.17, 15) is 0 Å². The van der Waals surface area contributed by atoms with Gasteiger partial charge in [-0.1, -0.05) is 35.3 Å². The van der Waals surface area contributed by atoms with Gasteiger partial charge >= 0.3 is 0 Å². The van der Waals surface area contributed by atoms with Crippen LogP contribution < -0.4 is 14.2 Å². The number of pyridine rings is 1. The van der Waals surface area contributed by atoms with Gasteiger partial charge in [-0.25, -0.2) is 4.98 Å². The van der Waals surface area contributed by atoms with Crippen LogP contribution in [-0.2, 0) is 6.61 Å². The predicted octanol–water partition coefficient (Wildman–Crippen LogP) is 4.89. The first kappa shape index (κ1) is 18.6. The highest BCUT2D eigenvalue weighted by atomic mass is 35.5. The lowest BCUT2D eigenvalue weighted by Gasteiger charge is -2.11. The summed E-state index contributed by atoms with van der Waals surface area (Å²) in [7, 11) is 1.51. The first-order chi connectivity index (χ1) is 12.7. The average molecular weight is 409 g/mol. The predicted molar refractivity (Wildman–Crippen MR) is 103 cm³/mol. The van der Waals surface area contributed by atoms with Gasteiger partial charge in [0.05, 0.1) is 29.0 Å². The van der Waals surface area contributed by atoms with Crippen molar-refractivity contribution in [3.63, 3.8) is 0 Å². The molecule has 3 rings (SSSR count). The molecule has 0 aliphatic rings. The maximum atomic E-state index is 6.17. The van der Waals surface area contributed by atoms with E-state index in [4.69, 9.17) is 32.7 Å². The molecule has 0 unspecified atom stereocenters. The van der Waals surface area contributed by atoms with Crippen LogP contribution in [0.15, 0.2) is 53.7 Å². The molecule has 134 valence electrons. The third kappa shape index (κ3) is 4.69. The maximum absolute atomic E-state index is 6.17. The molecule has 0 fully saturated rings.